The first kappa shape index (κ1) is 29.6. The highest BCUT2D eigenvalue weighted by molar-refractivity contribution is 5.94. The monoisotopic (exact) mass is 543 g/mol. The zero-order valence-corrected chi connectivity index (χ0v) is 21.7. The summed E-state index contributed by atoms with van der Waals surface area (Å²) in [6, 6.07) is 2.16. The third-order valence-corrected chi connectivity index (χ3v) is 6.73. The number of carbonyl (C=O) groups excluding carboxylic acids is 3. The molecule has 3 rings (SSSR count). The normalized spacial score (nSPS) is 17.3. The maximum Gasteiger partial charge on any atom is 0.326 e. The average Bonchev–Trinajstić information content (AvgIpc) is 3.61. The van der Waals surface area contributed by atoms with Gasteiger partial charge in [-0.05, 0) is 49.9 Å². The van der Waals surface area contributed by atoms with Crippen LogP contribution < -0.4 is 22.1 Å². The zero-order valence-electron chi connectivity index (χ0n) is 21.7. The lowest BCUT2D eigenvalue weighted by molar-refractivity contribution is -0.149. The van der Waals surface area contributed by atoms with Crippen molar-refractivity contribution in [3.05, 3.63) is 48.0 Å². The quantitative estimate of drug-likeness (QED) is 0.151. The zero-order chi connectivity index (χ0) is 28.4. The van der Waals surface area contributed by atoms with Crippen molar-refractivity contribution in [3.63, 3.8) is 0 Å². The summed E-state index contributed by atoms with van der Waals surface area (Å²) in [5, 5.41) is 24.6. The molecule has 1 saturated heterocycles. The van der Waals surface area contributed by atoms with Crippen LogP contribution in [0, 0.1) is 0 Å². The summed E-state index contributed by atoms with van der Waals surface area (Å²) in [5.41, 5.74) is 12.8. The Morgan fingerprint density at radius 2 is 1.79 bits per heavy atom. The van der Waals surface area contributed by atoms with E-state index in [4.69, 9.17) is 11.5 Å². The molecule has 4 unspecified atom stereocenters. The van der Waals surface area contributed by atoms with Crippen molar-refractivity contribution in [1.29, 1.82) is 0 Å². The summed E-state index contributed by atoms with van der Waals surface area (Å²) in [6.45, 7) is 0.738. The minimum absolute atomic E-state index is 0.0475. The number of hydrogen-bond acceptors (Lipinski definition) is 8. The maximum atomic E-state index is 13.6. The third-order valence-electron chi connectivity index (χ3n) is 6.73. The molecule has 4 atom stereocenters. The van der Waals surface area contributed by atoms with E-state index in [1.165, 1.54) is 29.6 Å². The number of H-pyrrole nitrogens is 1. The van der Waals surface area contributed by atoms with Gasteiger partial charge in [0, 0.05) is 31.3 Å². The number of aromatic amines is 1. The number of aromatic nitrogens is 2. The fourth-order valence-electron chi connectivity index (χ4n) is 4.57. The smallest absolute Gasteiger partial charge is 0.326 e. The Morgan fingerprint density at radius 1 is 1.08 bits per heavy atom. The van der Waals surface area contributed by atoms with Crippen LogP contribution in [0.5, 0.6) is 5.75 Å². The fraction of sp³-hybridized carbons (Fsp3) is 0.500. The Kier molecular flexibility index (Phi) is 10.8. The van der Waals surface area contributed by atoms with Crippen LogP contribution >= 0.6 is 0 Å². The van der Waals surface area contributed by atoms with Crippen LogP contribution in [-0.4, -0.2) is 86.0 Å². The number of carboxylic acid groups (broad SMARTS) is 1. The predicted octanol–water partition coefficient (Wildman–Crippen LogP) is -0.598. The topological polar surface area (TPSA) is 217 Å². The molecule has 1 aliphatic rings. The number of nitrogens with zero attached hydrogens (tertiary/aromatic N) is 2. The van der Waals surface area contributed by atoms with Crippen molar-refractivity contribution in [2.24, 2.45) is 11.5 Å². The fourth-order valence-corrected chi connectivity index (χ4v) is 4.57. The number of benzene rings is 1. The van der Waals surface area contributed by atoms with Gasteiger partial charge in [0.25, 0.3) is 0 Å². The summed E-state index contributed by atoms with van der Waals surface area (Å²) in [4.78, 5) is 59.7. The molecule has 13 heteroatoms. The largest absolute Gasteiger partial charge is 0.508 e. The molecule has 1 fully saturated rings. The number of carbonyl (C=O) groups is 4. The Balaban J connectivity index is 1.81. The van der Waals surface area contributed by atoms with Crippen molar-refractivity contribution >= 4 is 23.7 Å². The molecular formula is C26H37N7O6. The Morgan fingerprint density at radius 3 is 2.44 bits per heavy atom. The third kappa shape index (κ3) is 8.52. The van der Waals surface area contributed by atoms with Gasteiger partial charge in [0.2, 0.25) is 17.7 Å². The summed E-state index contributed by atoms with van der Waals surface area (Å²) in [7, 11) is 0. The van der Waals surface area contributed by atoms with Gasteiger partial charge in [0.05, 0.1) is 12.4 Å². The van der Waals surface area contributed by atoms with Gasteiger partial charge in [-0.1, -0.05) is 18.6 Å². The van der Waals surface area contributed by atoms with Crippen LogP contribution in [0.15, 0.2) is 36.8 Å². The summed E-state index contributed by atoms with van der Waals surface area (Å²) in [6.07, 6.45) is 5.69. The van der Waals surface area contributed by atoms with Crippen LogP contribution in [0.25, 0.3) is 0 Å². The van der Waals surface area contributed by atoms with E-state index >= 15 is 0 Å². The molecule has 13 nitrogen and oxygen atoms in total. The number of nitrogens with two attached hydrogens (primary N) is 2. The molecule has 39 heavy (non-hydrogen) atoms. The van der Waals surface area contributed by atoms with Gasteiger partial charge in [-0.3, -0.25) is 14.4 Å². The Hall–Kier alpha value is -3.97. The van der Waals surface area contributed by atoms with Gasteiger partial charge in [-0.15, -0.1) is 0 Å². The first-order valence-corrected chi connectivity index (χ1v) is 13.0. The van der Waals surface area contributed by atoms with E-state index in [1.807, 2.05) is 0 Å². The number of unbranched alkanes of at least 4 members (excludes halogenated alkanes) is 1. The molecule has 2 heterocycles. The van der Waals surface area contributed by atoms with Crippen molar-refractivity contribution < 1.29 is 29.4 Å². The highest BCUT2D eigenvalue weighted by Crippen LogP contribution is 2.20. The van der Waals surface area contributed by atoms with E-state index in [0.29, 0.717) is 49.9 Å². The number of rotatable bonds is 14. The number of phenols is 1. The number of phenolic OH excluding ortho intramolecular Hbond substituents is 1. The van der Waals surface area contributed by atoms with E-state index < -0.39 is 47.9 Å². The van der Waals surface area contributed by atoms with E-state index in [1.54, 1.807) is 12.1 Å². The lowest BCUT2D eigenvalue weighted by atomic mass is 10.0. The van der Waals surface area contributed by atoms with Gasteiger partial charge in [-0.2, -0.15) is 0 Å². The number of hydrogen-bond donors (Lipinski definition) is 7. The molecule has 1 aromatic heterocycles. The predicted molar refractivity (Wildman–Crippen MR) is 141 cm³/mol. The molecule has 0 bridgehead atoms. The number of aliphatic carboxylic acids is 1. The van der Waals surface area contributed by atoms with Crippen LogP contribution in [0.2, 0.25) is 0 Å². The van der Waals surface area contributed by atoms with Gasteiger partial charge in [-0.25, -0.2) is 9.78 Å². The lowest BCUT2D eigenvalue weighted by Crippen LogP contribution is -2.58. The number of carboxylic acids is 1. The van der Waals surface area contributed by atoms with Gasteiger partial charge in [0.1, 0.15) is 23.9 Å². The van der Waals surface area contributed by atoms with Crippen LogP contribution in [-0.2, 0) is 32.0 Å². The Labute approximate surface area is 226 Å². The van der Waals surface area contributed by atoms with E-state index in [0.717, 1.165) is 0 Å². The number of likely N-dealkylation sites (tertiary alicyclic amines) is 1. The Bertz CT molecular complexity index is 1110. The second-order valence-corrected chi connectivity index (χ2v) is 9.69. The molecule has 0 radical (unpaired) electrons. The van der Waals surface area contributed by atoms with Crippen molar-refractivity contribution in [3.8, 4) is 5.75 Å². The van der Waals surface area contributed by atoms with Crippen molar-refractivity contribution in [2.75, 3.05) is 13.1 Å². The molecule has 0 saturated carbocycles. The second-order valence-electron chi connectivity index (χ2n) is 9.69. The van der Waals surface area contributed by atoms with Gasteiger partial charge < -0.3 is 42.2 Å². The molecular weight excluding hydrogens is 506 g/mol. The standard InChI is InChI=1S/C26H37N7O6/c27-10-2-1-4-19(28)23(35)31-20(12-16-6-8-18(34)9-7-16)24(36)32-21(13-17-14-29-15-30-17)25(37)33-11-3-5-22(33)26(38)39/h6-9,14-15,19-22,34H,1-5,10-13,27-28H2,(H,29,30)(H,31,35)(H,32,36)(H,38,39). The van der Waals surface area contributed by atoms with Crippen molar-refractivity contribution in [1.82, 2.24) is 25.5 Å². The number of amides is 3. The molecule has 2 aromatic rings. The second kappa shape index (κ2) is 14.3. The van der Waals surface area contributed by atoms with E-state index in [2.05, 4.69) is 20.6 Å². The molecule has 212 valence electrons. The van der Waals surface area contributed by atoms with Crippen LogP contribution in [0.4, 0.5) is 0 Å². The highest BCUT2D eigenvalue weighted by atomic mass is 16.4. The van der Waals surface area contributed by atoms with E-state index in [9.17, 15) is 29.4 Å². The van der Waals surface area contributed by atoms with Gasteiger partial charge in [0.15, 0.2) is 0 Å². The molecule has 1 aliphatic heterocycles. The first-order chi connectivity index (χ1) is 18.7. The summed E-state index contributed by atoms with van der Waals surface area (Å²) in [5.74, 6) is -2.73. The highest BCUT2D eigenvalue weighted by Gasteiger charge is 2.38. The lowest BCUT2D eigenvalue weighted by Gasteiger charge is -2.29. The molecule has 0 spiro atoms. The van der Waals surface area contributed by atoms with Crippen LogP contribution in [0.3, 0.4) is 0 Å². The minimum Gasteiger partial charge on any atom is -0.508 e. The summed E-state index contributed by atoms with van der Waals surface area (Å²) >= 11 is 0. The van der Waals surface area contributed by atoms with Crippen LogP contribution in [0.1, 0.15) is 43.4 Å². The SMILES string of the molecule is NCCCCC(N)C(=O)NC(Cc1ccc(O)cc1)C(=O)NC(Cc1cnc[nH]1)C(=O)N1CCCC1C(=O)O. The number of aromatic hydroxyl groups is 1. The summed E-state index contributed by atoms with van der Waals surface area (Å²) < 4.78 is 0. The number of nitrogens with one attached hydrogen (secondary N) is 3. The molecule has 1 aromatic carbocycles. The first-order valence-electron chi connectivity index (χ1n) is 13.0. The van der Waals surface area contributed by atoms with Gasteiger partial charge >= 0.3 is 5.97 Å². The van der Waals surface area contributed by atoms with E-state index in [-0.39, 0.29) is 25.1 Å². The number of imidazole rings is 1. The maximum absolute atomic E-state index is 13.6. The average molecular weight is 544 g/mol. The van der Waals surface area contributed by atoms with Crippen molar-refractivity contribution in [2.45, 2.75) is 69.1 Å². The molecule has 0 aliphatic carbocycles. The minimum atomic E-state index is -1.10. The molecule has 3 amide bonds. The molecule has 9 N–H and O–H groups in total.